The van der Waals surface area contributed by atoms with E-state index in [1.165, 1.54) is 12.8 Å². The lowest BCUT2D eigenvalue weighted by Gasteiger charge is -2.14. The molecule has 1 fully saturated rings. The first-order valence-corrected chi connectivity index (χ1v) is 10.3. The number of hydrogen-bond acceptors (Lipinski definition) is 4. The molecule has 0 saturated heterocycles. The molecule has 2 N–H and O–H groups in total. The zero-order valence-corrected chi connectivity index (χ0v) is 17.1. The maximum Gasteiger partial charge on any atom is 0.255 e. The molecular formula is C25H26N2O3. The summed E-state index contributed by atoms with van der Waals surface area (Å²) in [6.45, 7) is 2.99. The van der Waals surface area contributed by atoms with Crippen molar-refractivity contribution in [3.8, 4) is 17.0 Å². The van der Waals surface area contributed by atoms with Crippen molar-refractivity contribution in [2.75, 3.05) is 6.61 Å². The van der Waals surface area contributed by atoms with Crippen LogP contribution in [0.4, 0.5) is 0 Å². The summed E-state index contributed by atoms with van der Waals surface area (Å²) >= 11 is 0. The van der Waals surface area contributed by atoms with E-state index < -0.39 is 0 Å². The number of pyridine rings is 1. The molecule has 0 unspecified atom stereocenters. The summed E-state index contributed by atoms with van der Waals surface area (Å²) in [4.78, 5) is 17.5. The standard InChI is InChI=1S/C25H26N2O3/c1-17-4-2-5-19(12-17)14-27-25(29)22-13-20(24-21(15-28)6-3-11-26-24)9-10-23(22)30-16-18-7-8-18/h2-6,9-13,18,28H,7-8,14-16H2,1H3,(H,27,29). The third-order valence-electron chi connectivity index (χ3n) is 5.27. The van der Waals surface area contributed by atoms with Crippen molar-refractivity contribution in [1.29, 1.82) is 0 Å². The van der Waals surface area contributed by atoms with Gasteiger partial charge < -0.3 is 15.2 Å². The minimum atomic E-state index is -0.189. The SMILES string of the molecule is Cc1cccc(CNC(=O)c2cc(-c3ncccc3CO)ccc2OCC2CC2)c1. The number of benzene rings is 2. The summed E-state index contributed by atoms with van der Waals surface area (Å²) in [5.74, 6) is 0.976. The van der Waals surface area contributed by atoms with Gasteiger partial charge in [0.05, 0.1) is 24.5 Å². The molecule has 2 aromatic carbocycles. The Morgan fingerprint density at radius 2 is 2.03 bits per heavy atom. The molecule has 1 saturated carbocycles. The van der Waals surface area contributed by atoms with Crippen LogP contribution in [0.1, 0.15) is 39.9 Å². The second-order valence-corrected chi connectivity index (χ2v) is 7.81. The molecule has 0 radical (unpaired) electrons. The van der Waals surface area contributed by atoms with Crippen LogP contribution in [0.2, 0.25) is 0 Å². The van der Waals surface area contributed by atoms with Gasteiger partial charge in [0.25, 0.3) is 5.91 Å². The molecule has 5 heteroatoms. The number of aryl methyl sites for hydroxylation is 1. The maximum absolute atomic E-state index is 13.1. The van der Waals surface area contributed by atoms with Gasteiger partial charge in [-0.3, -0.25) is 9.78 Å². The Balaban J connectivity index is 1.60. The first-order chi connectivity index (χ1) is 14.6. The predicted molar refractivity (Wildman–Crippen MR) is 116 cm³/mol. The van der Waals surface area contributed by atoms with Crippen LogP contribution in [0.25, 0.3) is 11.3 Å². The van der Waals surface area contributed by atoms with Gasteiger partial charge in [-0.25, -0.2) is 0 Å². The van der Waals surface area contributed by atoms with E-state index in [2.05, 4.69) is 16.4 Å². The third kappa shape index (κ3) is 4.86. The van der Waals surface area contributed by atoms with Crippen LogP contribution < -0.4 is 10.1 Å². The van der Waals surface area contributed by atoms with Crippen LogP contribution in [-0.4, -0.2) is 22.6 Å². The number of rotatable bonds is 8. The Labute approximate surface area is 176 Å². The van der Waals surface area contributed by atoms with Crippen molar-refractivity contribution in [3.63, 3.8) is 0 Å². The molecule has 30 heavy (non-hydrogen) atoms. The maximum atomic E-state index is 13.1. The Morgan fingerprint density at radius 1 is 1.17 bits per heavy atom. The lowest BCUT2D eigenvalue weighted by atomic mass is 10.0. The van der Waals surface area contributed by atoms with Gasteiger partial charge in [-0.1, -0.05) is 35.9 Å². The van der Waals surface area contributed by atoms with Gasteiger partial charge in [0.1, 0.15) is 5.75 Å². The molecule has 1 aromatic heterocycles. The Morgan fingerprint density at radius 3 is 2.80 bits per heavy atom. The minimum absolute atomic E-state index is 0.113. The van der Waals surface area contributed by atoms with Gasteiger partial charge in [-0.2, -0.15) is 0 Å². The zero-order valence-electron chi connectivity index (χ0n) is 17.1. The summed E-state index contributed by atoms with van der Waals surface area (Å²) in [5, 5.41) is 12.7. The van der Waals surface area contributed by atoms with Crippen molar-refractivity contribution in [3.05, 3.63) is 83.0 Å². The van der Waals surface area contributed by atoms with E-state index in [1.54, 1.807) is 18.3 Å². The highest BCUT2D eigenvalue weighted by atomic mass is 16.5. The molecule has 1 aliphatic rings. The van der Waals surface area contributed by atoms with Gasteiger partial charge in [0.15, 0.2) is 0 Å². The average Bonchev–Trinajstić information content (AvgIpc) is 3.60. The highest BCUT2D eigenvalue weighted by Crippen LogP contribution is 2.32. The first-order valence-electron chi connectivity index (χ1n) is 10.3. The fourth-order valence-corrected chi connectivity index (χ4v) is 3.40. The first kappa shape index (κ1) is 20.1. The van der Waals surface area contributed by atoms with Gasteiger partial charge >= 0.3 is 0 Å². The van der Waals surface area contributed by atoms with Crippen LogP contribution in [0.3, 0.4) is 0 Å². The summed E-state index contributed by atoms with van der Waals surface area (Å²) in [6, 6.07) is 17.2. The summed E-state index contributed by atoms with van der Waals surface area (Å²) in [6.07, 6.45) is 4.05. The van der Waals surface area contributed by atoms with Crippen LogP contribution in [0.15, 0.2) is 60.8 Å². The number of aliphatic hydroxyl groups is 1. The van der Waals surface area contributed by atoms with E-state index in [-0.39, 0.29) is 12.5 Å². The number of ether oxygens (including phenoxy) is 1. The number of hydrogen-bond donors (Lipinski definition) is 2. The zero-order chi connectivity index (χ0) is 20.9. The number of amides is 1. The van der Waals surface area contributed by atoms with Gasteiger partial charge in [0.2, 0.25) is 0 Å². The van der Waals surface area contributed by atoms with E-state index in [1.807, 2.05) is 43.3 Å². The van der Waals surface area contributed by atoms with Crippen molar-refractivity contribution in [2.24, 2.45) is 5.92 Å². The highest BCUT2D eigenvalue weighted by molar-refractivity contribution is 5.98. The van der Waals surface area contributed by atoms with Crippen molar-refractivity contribution >= 4 is 5.91 Å². The number of carbonyl (C=O) groups is 1. The van der Waals surface area contributed by atoms with Gasteiger partial charge in [0, 0.05) is 23.9 Å². The van der Waals surface area contributed by atoms with Crippen LogP contribution in [0.5, 0.6) is 5.75 Å². The monoisotopic (exact) mass is 402 g/mol. The topological polar surface area (TPSA) is 71.5 Å². The highest BCUT2D eigenvalue weighted by Gasteiger charge is 2.23. The molecule has 4 rings (SSSR count). The molecule has 1 aliphatic carbocycles. The predicted octanol–water partition coefficient (Wildman–Crippen LogP) is 4.27. The molecule has 1 amide bonds. The van der Waals surface area contributed by atoms with E-state index in [9.17, 15) is 9.90 Å². The largest absolute Gasteiger partial charge is 0.492 e. The molecule has 0 aliphatic heterocycles. The third-order valence-corrected chi connectivity index (χ3v) is 5.27. The average molecular weight is 402 g/mol. The van der Waals surface area contributed by atoms with Crippen LogP contribution >= 0.6 is 0 Å². The van der Waals surface area contributed by atoms with Gasteiger partial charge in [-0.05, 0) is 55.5 Å². The van der Waals surface area contributed by atoms with Crippen LogP contribution in [-0.2, 0) is 13.2 Å². The Bertz CT molecular complexity index is 1040. The Kier molecular flexibility index (Phi) is 6.10. The molecule has 154 valence electrons. The second kappa shape index (κ2) is 9.09. The summed E-state index contributed by atoms with van der Waals surface area (Å²) in [7, 11) is 0. The van der Waals surface area contributed by atoms with Crippen molar-refractivity contribution in [1.82, 2.24) is 10.3 Å². The van der Waals surface area contributed by atoms with E-state index in [0.717, 1.165) is 22.3 Å². The van der Waals surface area contributed by atoms with E-state index in [0.29, 0.717) is 36.1 Å². The smallest absolute Gasteiger partial charge is 0.255 e. The Hall–Kier alpha value is -3.18. The number of carbonyl (C=O) groups excluding carboxylic acids is 1. The molecule has 5 nitrogen and oxygen atoms in total. The lowest BCUT2D eigenvalue weighted by Crippen LogP contribution is -2.23. The molecule has 0 spiro atoms. The lowest BCUT2D eigenvalue weighted by molar-refractivity contribution is 0.0946. The van der Waals surface area contributed by atoms with Crippen LogP contribution in [0, 0.1) is 12.8 Å². The van der Waals surface area contributed by atoms with E-state index >= 15 is 0 Å². The fourth-order valence-electron chi connectivity index (χ4n) is 3.40. The molecule has 3 aromatic rings. The quantitative estimate of drug-likeness (QED) is 0.590. The molecule has 0 atom stereocenters. The fraction of sp³-hybridized carbons (Fsp3) is 0.280. The molecule has 0 bridgehead atoms. The number of nitrogens with one attached hydrogen (secondary N) is 1. The molecule has 1 heterocycles. The van der Waals surface area contributed by atoms with E-state index in [4.69, 9.17) is 4.74 Å². The summed E-state index contributed by atoms with van der Waals surface area (Å²) < 4.78 is 5.97. The summed E-state index contributed by atoms with van der Waals surface area (Å²) in [5.41, 5.74) is 4.85. The van der Waals surface area contributed by atoms with Crippen molar-refractivity contribution in [2.45, 2.75) is 32.9 Å². The second-order valence-electron chi connectivity index (χ2n) is 7.81. The number of aromatic nitrogens is 1. The van der Waals surface area contributed by atoms with Gasteiger partial charge in [-0.15, -0.1) is 0 Å². The van der Waals surface area contributed by atoms with Crippen molar-refractivity contribution < 1.29 is 14.6 Å². The molecular weight excluding hydrogens is 376 g/mol. The number of nitrogens with zero attached hydrogens (tertiary/aromatic N) is 1. The normalized spacial score (nSPS) is 13.1. The number of aliphatic hydroxyl groups excluding tert-OH is 1. The minimum Gasteiger partial charge on any atom is -0.492 e.